The van der Waals surface area contributed by atoms with Gasteiger partial charge in [0.1, 0.15) is 11.3 Å². The first-order chi connectivity index (χ1) is 8.15. The van der Waals surface area contributed by atoms with Crippen molar-refractivity contribution in [2.24, 2.45) is 0 Å². The van der Waals surface area contributed by atoms with Crippen LogP contribution < -0.4 is 0 Å². The van der Waals surface area contributed by atoms with Crippen LogP contribution >= 0.6 is 0 Å². The van der Waals surface area contributed by atoms with Crippen molar-refractivity contribution >= 4 is 5.97 Å². The maximum Gasteiger partial charge on any atom is 0.339 e. The lowest BCUT2D eigenvalue weighted by Crippen LogP contribution is -2.10. The zero-order valence-electron chi connectivity index (χ0n) is 9.70. The zero-order valence-corrected chi connectivity index (χ0v) is 9.70. The van der Waals surface area contributed by atoms with Crippen molar-refractivity contribution in [1.29, 1.82) is 0 Å². The quantitative estimate of drug-likeness (QED) is 0.788. The number of fused-ring (bicyclic) bond motifs is 1. The van der Waals surface area contributed by atoms with Gasteiger partial charge in [-0.3, -0.25) is 0 Å². The highest BCUT2D eigenvalue weighted by Crippen LogP contribution is 2.34. The Morgan fingerprint density at radius 2 is 2.12 bits per heavy atom. The van der Waals surface area contributed by atoms with Gasteiger partial charge in [-0.1, -0.05) is 6.08 Å². The second-order valence-corrected chi connectivity index (χ2v) is 4.39. The molecule has 0 fully saturated rings. The summed E-state index contributed by atoms with van der Waals surface area (Å²) < 4.78 is 0. The third-order valence-corrected chi connectivity index (χ3v) is 3.31. The van der Waals surface area contributed by atoms with Gasteiger partial charge in [-0.25, -0.2) is 4.79 Å². The molecule has 3 heteroatoms. The number of benzene rings is 1. The van der Waals surface area contributed by atoms with Crippen LogP contribution in [0.15, 0.2) is 18.7 Å². The van der Waals surface area contributed by atoms with Crippen molar-refractivity contribution in [2.75, 3.05) is 0 Å². The molecule has 0 spiro atoms. The molecular weight excluding hydrogens is 216 g/mol. The highest BCUT2D eigenvalue weighted by Gasteiger charge is 2.21. The minimum atomic E-state index is -1.07. The first kappa shape index (κ1) is 11.7. The fourth-order valence-corrected chi connectivity index (χ4v) is 2.51. The van der Waals surface area contributed by atoms with Crippen LogP contribution in [0.4, 0.5) is 0 Å². The number of rotatable bonds is 3. The van der Waals surface area contributed by atoms with E-state index in [0.29, 0.717) is 6.42 Å². The van der Waals surface area contributed by atoms with Gasteiger partial charge in [0, 0.05) is 5.56 Å². The first-order valence-corrected chi connectivity index (χ1v) is 5.86. The number of aromatic carboxylic acids is 1. The number of aryl methyl sites for hydroxylation is 1. The number of allylic oxidation sites excluding steroid dienone is 1. The second-order valence-electron chi connectivity index (χ2n) is 4.39. The van der Waals surface area contributed by atoms with Gasteiger partial charge in [-0.15, -0.1) is 6.58 Å². The topological polar surface area (TPSA) is 57.5 Å². The van der Waals surface area contributed by atoms with Crippen molar-refractivity contribution < 1.29 is 15.0 Å². The maximum atomic E-state index is 11.1. The van der Waals surface area contributed by atoms with Gasteiger partial charge in [0.25, 0.3) is 0 Å². The average molecular weight is 232 g/mol. The molecule has 0 heterocycles. The summed E-state index contributed by atoms with van der Waals surface area (Å²) in [6, 6.07) is 1.62. The summed E-state index contributed by atoms with van der Waals surface area (Å²) in [6.07, 6.45) is 6.24. The van der Waals surface area contributed by atoms with E-state index in [1.807, 2.05) is 0 Å². The van der Waals surface area contributed by atoms with Crippen LogP contribution in [-0.2, 0) is 19.3 Å². The van der Waals surface area contributed by atoms with Gasteiger partial charge >= 0.3 is 5.97 Å². The van der Waals surface area contributed by atoms with Gasteiger partial charge in [0.15, 0.2) is 0 Å². The van der Waals surface area contributed by atoms with E-state index in [2.05, 4.69) is 6.58 Å². The Balaban J connectivity index is 2.63. The van der Waals surface area contributed by atoms with Crippen LogP contribution in [0.1, 0.15) is 39.9 Å². The summed E-state index contributed by atoms with van der Waals surface area (Å²) in [5, 5.41) is 19.1. The van der Waals surface area contributed by atoms with Crippen molar-refractivity contribution in [1.82, 2.24) is 0 Å². The lowest BCUT2D eigenvalue weighted by Gasteiger charge is -2.21. The van der Waals surface area contributed by atoms with Crippen LogP contribution in [0.5, 0.6) is 5.75 Å². The Morgan fingerprint density at radius 1 is 1.41 bits per heavy atom. The molecule has 0 radical (unpaired) electrons. The Kier molecular flexibility index (Phi) is 3.18. The molecule has 2 rings (SSSR count). The smallest absolute Gasteiger partial charge is 0.339 e. The van der Waals surface area contributed by atoms with Gasteiger partial charge in [-0.05, 0) is 49.3 Å². The fraction of sp³-hybridized carbons (Fsp3) is 0.357. The van der Waals surface area contributed by atoms with E-state index in [-0.39, 0.29) is 11.3 Å². The van der Waals surface area contributed by atoms with Crippen molar-refractivity contribution in [3.8, 4) is 5.75 Å². The molecule has 90 valence electrons. The third-order valence-electron chi connectivity index (χ3n) is 3.31. The predicted octanol–water partition coefficient (Wildman–Crippen LogP) is 2.70. The van der Waals surface area contributed by atoms with Gasteiger partial charge in [-0.2, -0.15) is 0 Å². The van der Waals surface area contributed by atoms with Crippen LogP contribution in [-0.4, -0.2) is 16.2 Å². The summed E-state index contributed by atoms with van der Waals surface area (Å²) >= 11 is 0. The highest BCUT2D eigenvalue weighted by atomic mass is 16.4. The summed E-state index contributed by atoms with van der Waals surface area (Å²) in [5.41, 5.74) is 2.96. The number of carbonyl (C=O) groups is 1. The number of carboxylic acid groups (broad SMARTS) is 1. The molecule has 0 atom stereocenters. The first-order valence-electron chi connectivity index (χ1n) is 5.86. The maximum absolute atomic E-state index is 11.1. The molecule has 0 unspecified atom stereocenters. The molecule has 3 nitrogen and oxygen atoms in total. The predicted molar refractivity (Wildman–Crippen MR) is 65.6 cm³/mol. The average Bonchev–Trinajstić information content (AvgIpc) is 2.32. The standard InChI is InChI=1S/C14H16O3/c1-2-5-11-10-7-4-3-6-9(10)8-12(13(11)15)14(16)17/h2,8,15H,1,3-7H2,(H,16,17). The van der Waals surface area contributed by atoms with E-state index in [1.54, 1.807) is 12.1 Å². The minimum absolute atomic E-state index is 0.0162. The highest BCUT2D eigenvalue weighted by molar-refractivity contribution is 5.92. The van der Waals surface area contributed by atoms with Gasteiger partial charge in [0.2, 0.25) is 0 Å². The van der Waals surface area contributed by atoms with E-state index in [0.717, 1.165) is 42.4 Å². The molecule has 0 aliphatic heterocycles. The van der Waals surface area contributed by atoms with Crippen LogP contribution in [0, 0.1) is 0 Å². The molecule has 1 aliphatic carbocycles. The van der Waals surface area contributed by atoms with Crippen molar-refractivity contribution in [3.05, 3.63) is 41.0 Å². The van der Waals surface area contributed by atoms with E-state index < -0.39 is 5.97 Å². The molecule has 17 heavy (non-hydrogen) atoms. The van der Waals surface area contributed by atoms with Gasteiger partial charge < -0.3 is 10.2 Å². The minimum Gasteiger partial charge on any atom is -0.507 e. The summed E-state index contributed by atoms with van der Waals surface area (Å²) in [6.45, 7) is 3.66. The monoisotopic (exact) mass is 232 g/mol. The van der Waals surface area contributed by atoms with Gasteiger partial charge in [0.05, 0.1) is 0 Å². The number of aromatic hydroxyl groups is 1. The van der Waals surface area contributed by atoms with E-state index in [9.17, 15) is 9.90 Å². The van der Waals surface area contributed by atoms with Crippen LogP contribution in [0.25, 0.3) is 0 Å². The molecule has 0 bridgehead atoms. The molecule has 0 saturated heterocycles. The molecule has 0 aromatic heterocycles. The SMILES string of the molecule is C=CCc1c(O)c(C(=O)O)cc2c1CCCC2. The summed E-state index contributed by atoms with van der Waals surface area (Å²) in [5.74, 6) is -1.15. The fourth-order valence-electron chi connectivity index (χ4n) is 2.51. The number of carboxylic acids is 1. The van der Waals surface area contributed by atoms with Crippen LogP contribution in [0.2, 0.25) is 0 Å². The number of phenols is 1. The molecule has 1 aromatic rings. The summed E-state index contributed by atoms with van der Waals surface area (Å²) in [4.78, 5) is 11.1. The molecule has 0 amide bonds. The number of hydrogen-bond donors (Lipinski definition) is 2. The Bertz CT molecular complexity index is 475. The Labute approximate surface area is 100 Å². The van der Waals surface area contributed by atoms with Crippen LogP contribution in [0.3, 0.4) is 0 Å². The van der Waals surface area contributed by atoms with E-state index in [1.165, 1.54) is 0 Å². The second kappa shape index (κ2) is 4.62. The van der Waals surface area contributed by atoms with E-state index in [4.69, 9.17) is 5.11 Å². The van der Waals surface area contributed by atoms with Crippen molar-refractivity contribution in [3.63, 3.8) is 0 Å². The van der Waals surface area contributed by atoms with Crippen molar-refractivity contribution in [2.45, 2.75) is 32.1 Å². The molecular formula is C14H16O3. The zero-order chi connectivity index (χ0) is 12.4. The Morgan fingerprint density at radius 3 is 2.76 bits per heavy atom. The molecule has 2 N–H and O–H groups in total. The lowest BCUT2D eigenvalue weighted by atomic mass is 9.85. The Hall–Kier alpha value is -1.77. The largest absolute Gasteiger partial charge is 0.507 e. The normalized spacial score (nSPS) is 14.1. The molecule has 0 saturated carbocycles. The number of hydrogen-bond acceptors (Lipinski definition) is 2. The lowest BCUT2D eigenvalue weighted by molar-refractivity contribution is 0.0693. The van der Waals surface area contributed by atoms with E-state index >= 15 is 0 Å². The molecule has 1 aliphatic rings. The molecule has 1 aromatic carbocycles. The summed E-state index contributed by atoms with van der Waals surface area (Å²) in [7, 11) is 0. The third kappa shape index (κ3) is 2.05.